The van der Waals surface area contributed by atoms with Gasteiger partial charge in [-0.3, -0.25) is 9.48 Å². The van der Waals surface area contributed by atoms with E-state index in [-0.39, 0.29) is 23.3 Å². The Morgan fingerprint density at radius 1 is 1.29 bits per heavy atom. The summed E-state index contributed by atoms with van der Waals surface area (Å²) in [5.74, 6) is -0.124. The highest BCUT2D eigenvalue weighted by molar-refractivity contribution is 6.06. The number of hydrogen-bond donors (Lipinski definition) is 0. The zero-order valence-electron chi connectivity index (χ0n) is 13.6. The van der Waals surface area contributed by atoms with E-state index in [1.165, 1.54) is 37.6 Å². The van der Waals surface area contributed by atoms with E-state index in [1.54, 1.807) is 16.9 Å². The molecule has 5 nitrogen and oxygen atoms in total. The Kier molecular flexibility index (Phi) is 5.68. The zero-order chi connectivity index (χ0) is 17.7. The van der Waals surface area contributed by atoms with Crippen molar-refractivity contribution in [2.24, 2.45) is 0 Å². The minimum atomic E-state index is -2.96. The number of aromatic nitrogens is 2. The van der Waals surface area contributed by atoms with Gasteiger partial charge in [0.05, 0.1) is 18.9 Å². The molecule has 0 aliphatic carbocycles. The fourth-order valence-electron chi connectivity index (χ4n) is 2.00. The van der Waals surface area contributed by atoms with Gasteiger partial charge in [0.2, 0.25) is 0 Å². The lowest BCUT2D eigenvalue weighted by Gasteiger charge is -2.10. The maximum absolute atomic E-state index is 12.4. The molecule has 0 saturated carbocycles. The van der Waals surface area contributed by atoms with Crippen molar-refractivity contribution in [3.05, 3.63) is 47.8 Å². The number of alkyl halides is 2. The molecule has 1 aromatic carbocycles. The van der Waals surface area contributed by atoms with E-state index in [9.17, 15) is 13.6 Å². The molecule has 24 heavy (non-hydrogen) atoms. The van der Waals surface area contributed by atoms with Crippen LogP contribution in [0.1, 0.15) is 35.8 Å². The second kappa shape index (κ2) is 7.72. The number of ketones is 1. The predicted molar refractivity (Wildman–Crippen MR) is 85.6 cm³/mol. The number of nitrogens with zero attached hydrogens (tertiary/aromatic N) is 2. The quantitative estimate of drug-likeness (QED) is 0.567. The van der Waals surface area contributed by atoms with Crippen LogP contribution in [0.4, 0.5) is 8.78 Å². The van der Waals surface area contributed by atoms with Crippen LogP contribution in [0.5, 0.6) is 11.5 Å². The summed E-state index contributed by atoms with van der Waals surface area (Å²) in [7, 11) is 1.36. The number of benzene rings is 1. The van der Waals surface area contributed by atoms with Gasteiger partial charge >= 0.3 is 6.61 Å². The van der Waals surface area contributed by atoms with Gasteiger partial charge in [-0.05, 0) is 37.6 Å². The van der Waals surface area contributed by atoms with Crippen LogP contribution in [-0.2, 0) is 0 Å². The number of ether oxygens (including phenoxy) is 2. The van der Waals surface area contributed by atoms with E-state index in [4.69, 9.17) is 4.74 Å². The van der Waals surface area contributed by atoms with Crippen molar-refractivity contribution in [1.29, 1.82) is 0 Å². The summed E-state index contributed by atoms with van der Waals surface area (Å²) in [4.78, 5) is 12.1. The summed E-state index contributed by atoms with van der Waals surface area (Å²) in [6.07, 6.45) is 6.03. The van der Waals surface area contributed by atoms with Crippen LogP contribution in [-0.4, -0.2) is 29.3 Å². The van der Waals surface area contributed by atoms with Gasteiger partial charge in [-0.1, -0.05) is 12.1 Å². The average molecular weight is 336 g/mol. The average Bonchev–Trinajstić information content (AvgIpc) is 3.02. The molecule has 2 aromatic rings. The molecule has 0 bridgehead atoms. The summed E-state index contributed by atoms with van der Waals surface area (Å²) in [5.41, 5.74) is 0.994. The molecule has 0 saturated heterocycles. The number of halogens is 2. The molecule has 0 aliphatic heterocycles. The molecule has 7 heteroatoms. The van der Waals surface area contributed by atoms with Gasteiger partial charge in [0.25, 0.3) is 0 Å². The number of rotatable bonds is 7. The van der Waals surface area contributed by atoms with Crippen LogP contribution in [0.15, 0.2) is 36.7 Å². The van der Waals surface area contributed by atoms with Crippen molar-refractivity contribution in [1.82, 2.24) is 9.78 Å². The van der Waals surface area contributed by atoms with Crippen LogP contribution in [0.2, 0.25) is 0 Å². The SMILES string of the molecule is COc1ccc(/C=C\C(=O)c2cnn(C(C)C)c2)cc1OC(F)F. The second-order valence-corrected chi connectivity index (χ2v) is 5.29. The lowest BCUT2D eigenvalue weighted by atomic mass is 10.1. The van der Waals surface area contributed by atoms with E-state index in [0.717, 1.165) is 0 Å². The van der Waals surface area contributed by atoms with Crippen molar-refractivity contribution >= 4 is 11.9 Å². The third-order valence-electron chi connectivity index (χ3n) is 3.25. The normalized spacial score (nSPS) is 11.5. The van der Waals surface area contributed by atoms with E-state index in [0.29, 0.717) is 11.1 Å². The van der Waals surface area contributed by atoms with Crippen LogP contribution in [0, 0.1) is 0 Å². The summed E-state index contributed by atoms with van der Waals surface area (Å²) in [6, 6.07) is 4.68. The number of methoxy groups -OCH3 is 1. The highest BCUT2D eigenvalue weighted by atomic mass is 19.3. The van der Waals surface area contributed by atoms with Crippen molar-refractivity contribution in [2.45, 2.75) is 26.5 Å². The summed E-state index contributed by atoms with van der Waals surface area (Å²) in [5, 5.41) is 4.10. The van der Waals surface area contributed by atoms with Gasteiger partial charge in [-0.25, -0.2) is 0 Å². The summed E-state index contributed by atoms with van der Waals surface area (Å²) in [6.45, 7) is 0.958. The Hall–Kier alpha value is -2.70. The first-order valence-corrected chi connectivity index (χ1v) is 7.30. The van der Waals surface area contributed by atoms with Gasteiger partial charge < -0.3 is 9.47 Å². The lowest BCUT2D eigenvalue weighted by molar-refractivity contribution is -0.0512. The monoisotopic (exact) mass is 336 g/mol. The summed E-state index contributed by atoms with van der Waals surface area (Å²) >= 11 is 0. The predicted octanol–water partition coefficient (Wildman–Crippen LogP) is 3.97. The first-order valence-electron chi connectivity index (χ1n) is 7.30. The van der Waals surface area contributed by atoms with Crippen LogP contribution in [0.25, 0.3) is 6.08 Å². The Labute approximate surface area is 138 Å². The molecule has 0 unspecified atom stereocenters. The number of hydrogen-bond acceptors (Lipinski definition) is 4. The van der Waals surface area contributed by atoms with Gasteiger partial charge in [0.1, 0.15) is 0 Å². The summed E-state index contributed by atoms with van der Waals surface area (Å²) < 4.78 is 35.9. The molecule has 1 heterocycles. The number of allylic oxidation sites excluding steroid dienone is 1. The standard InChI is InChI=1S/C17H18F2N2O3/c1-11(2)21-10-13(9-20-21)14(22)6-4-12-5-7-15(23-3)16(8-12)24-17(18)19/h4-11,17H,1-3H3/b6-4-. The van der Waals surface area contributed by atoms with Crippen molar-refractivity contribution in [3.8, 4) is 11.5 Å². The molecule has 0 spiro atoms. The molecule has 0 atom stereocenters. The van der Waals surface area contributed by atoms with Crippen molar-refractivity contribution < 1.29 is 23.0 Å². The van der Waals surface area contributed by atoms with E-state index >= 15 is 0 Å². The molecule has 0 aliphatic rings. The van der Waals surface area contributed by atoms with E-state index in [1.807, 2.05) is 13.8 Å². The number of carbonyl (C=O) groups is 1. The smallest absolute Gasteiger partial charge is 0.387 e. The van der Waals surface area contributed by atoms with Crippen molar-refractivity contribution in [3.63, 3.8) is 0 Å². The zero-order valence-corrected chi connectivity index (χ0v) is 13.6. The van der Waals surface area contributed by atoms with Gasteiger partial charge in [-0.15, -0.1) is 0 Å². The Morgan fingerprint density at radius 2 is 2.04 bits per heavy atom. The minimum absolute atomic E-state index is 0.0882. The highest BCUT2D eigenvalue weighted by Crippen LogP contribution is 2.30. The topological polar surface area (TPSA) is 53.3 Å². The Balaban J connectivity index is 2.16. The molecule has 0 amide bonds. The lowest BCUT2D eigenvalue weighted by Crippen LogP contribution is -2.03. The van der Waals surface area contributed by atoms with Gasteiger partial charge in [0, 0.05) is 12.2 Å². The first-order chi connectivity index (χ1) is 11.4. The second-order valence-electron chi connectivity index (χ2n) is 5.29. The molecule has 0 fully saturated rings. The van der Waals surface area contributed by atoms with Gasteiger partial charge in [-0.2, -0.15) is 13.9 Å². The molecule has 128 valence electrons. The third kappa shape index (κ3) is 4.41. The number of carbonyl (C=O) groups excluding carboxylic acids is 1. The molecular formula is C17H18F2N2O3. The van der Waals surface area contributed by atoms with E-state index in [2.05, 4.69) is 9.84 Å². The third-order valence-corrected chi connectivity index (χ3v) is 3.25. The van der Waals surface area contributed by atoms with Gasteiger partial charge in [0.15, 0.2) is 17.3 Å². The first kappa shape index (κ1) is 17.7. The van der Waals surface area contributed by atoms with Crippen LogP contribution >= 0.6 is 0 Å². The highest BCUT2D eigenvalue weighted by Gasteiger charge is 2.11. The maximum atomic E-state index is 12.4. The Morgan fingerprint density at radius 3 is 2.62 bits per heavy atom. The molecule has 1 aromatic heterocycles. The maximum Gasteiger partial charge on any atom is 0.387 e. The van der Waals surface area contributed by atoms with Crippen LogP contribution < -0.4 is 9.47 Å². The Bertz CT molecular complexity index is 739. The van der Waals surface area contributed by atoms with Crippen LogP contribution in [0.3, 0.4) is 0 Å². The van der Waals surface area contributed by atoms with Crippen molar-refractivity contribution in [2.75, 3.05) is 7.11 Å². The fraction of sp³-hybridized carbons (Fsp3) is 0.294. The molecule has 0 N–H and O–H groups in total. The van der Waals surface area contributed by atoms with E-state index < -0.39 is 6.61 Å². The molecule has 2 rings (SSSR count). The fourth-order valence-corrected chi connectivity index (χ4v) is 2.00. The molecule has 0 radical (unpaired) electrons. The molecular weight excluding hydrogens is 318 g/mol. The largest absolute Gasteiger partial charge is 0.493 e. The minimum Gasteiger partial charge on any atom is -0.493 e.